The van der Waals surface area contributed by atoms with Gasteiger partial charge in [0.1, 0.15) is 0 Å². The number of amides is 2. The molecule has 2 fully saturated rings. The minimum atomic E-state index is -0.159. The maximum atomic E-state index is 12.2. The molecule has 2 N–H and O–H groups in total. The van der Waals surface area contributed by atoms with Gasteiger partial charge in [-0.05, 0) is 58.4 Å². The fraction of sp³-hybridized carbons (Fsp3) is 0.882. The van der Waals surface area contributed by atoms with Crippen LogP contribution < -0.4 is 10.6 Å². The van der Waals surface area contributed by atoms with Gasteiger partial charge < -0.3 is 10.6 Å². The number of nitrogens with one attached hydrogen (secondary N) is 2. The summed E-state index contributed by atoms with van der Waals surface area (Å²) in [5, 5.41) is 6.13. The zero-order chi connectivity index (χ0) is 16.2. The third-order valence-corrected chi connectivity index (χ3v) is 4.87. The van der Waals surface area contributed by atoms with Crippen molar-refractivity contribution in [2.45, 2.75) is 58.4 Å². The molecule has 1 aliphatic carbocycles. The molecule has 2 amide bonds. The Hall–Kier alpha value is -1.10. The Kier molecular flexibility index (Phi) is 5.84. The number of nitrogens with zero attached hydrogens (tertiary/aromatic N) is 1. The number of hydrogen-bond acceptors (Lipinski definition) is 3. The van der Waals surface area contributed by atoms with Crippen LogP contribution in [0.5, 0.6) is 0 Å². The van der Waals surface area contributed by atoms with E-state index >= 15 is 0 Å². The maximum absolute atomic E-state index is 12.2. The molecule has 0 spiro atoms. The Balaban J connectivity index is 1.74. The predicted octanol–water partition coefficient (Wildman–Crippen LogP) is 1.53. The molecule has 2 aliphatic rings. The molecule has 2 rings (SSSR count). The van der Waals surface area contributed by atoms with Crippen LogP contribution in [0.1, 0.15) is 52.9 Å². The third-order valence-electron chi connectivity index (χ3n) is 4.87. The van der Waals surface area contributed by atoms with Crippen molar-refractivity contribution in [1.29, 1.82) is 0 Å². The molecular formula is C17H31N3O2. The Labute approximate surface area is 134 Å². The molecule has 0 bridgehead atoms. The second-order valence-corrected chi connectivity index (χ2v) is 7.55. The maximum Gasteiger partial charge on any atom is 0.234 e. The number of rotatable bonds is 7. The molecular weight excluding hydrogens is 278 g/mol. The quantitative estimate of drug-likeness (QED) is 0.750. The number of likely N-dealkylation sites (tertiary alicyclic amines) is 1. The minimum absolute atomic E-state index is 0.0412. The Bertz CT molecular complexity index is 405. The van der Waals surface area contributed by atoms with Crippen LogP contribution in [0.2, 0.25) is 0 Å². The highest BCUT2D eigenvalue weighted by Gasteiger charge is 2.29. The number of piperidine rings is 1. The second-order valence-electron chi connectivity index (χ2n) is 7.55. The van der Waals surface area contributed by atoms with Crippen molar-refractivity contribution in [2.75, 3.05) is 26.2 Å². The van der Waals surface area contributed by atoms with Gasteiger partial charge in [-0.1, -0.05) is 6.92 Å². The number of hydrogen-bond donors (Lipinski definition) is 2. The van der Waals surface area contributed by atoms with Crippen LogP contribution in [-0.2, 0) is 9.59 Å². The van der Waals surface area contributed by atoms with Gasteiger partial charge in [0.05, 0.1) is 12.5 Å². The van der Waals surface area contributed by atoms with Crippen molar-refractivity contribution < 1.29 is 9.59 Å². The second kappa shape index (κ2) is 7.44. The van der Waals surface area contributed by atoms with E-state index in [1.165, 1.54) is 12.8 Å². The average molecular weight is 309 g/mol. The van der Waals surface area contributed by atoms with Crippen molar-refractivity contribution >= 4 is 11.8 Å². The summed E-state index contributed by atoms with van der Waals surface area (Å²) in [6.45, 7) is 8.99. The molecule has 1 saturated heterocycles. The molecule has 5 heteroatoms. The normalized spacial score (nSPS) is 23.1. The Morgan fingerprint density at radius 2 is 1.95 bits per heavy atom. The van der Waals surface area contributed by atoms with Crippen LogP contribution in [0.3, 0.4) is 0 Å². The van der Waals surface area contributed by atoms with Crippen molar-refractivity contribution in [3.05, 3.63) is 0 Å². The van der Waals surface area contributed by atoms with Crippen molar-refractivity contribution in [3.8, 4) is 0 Å². The first-order valence-electron chi connectivity index (χ1n) is 8.70. The largest absolute Gasteiger partial charge is 0.356 e. The topological polar surface area (TPSA) is 61.4 Å². The highest BCUT2D eigenvalue weighted by molar-refractivity contribution is 5.80. The summed E-state index contributed by atoms with van der Waals surface area (Å²) in [4.78, 5) is 26.4. The van der Waals surface area contributed by atoms with Crippen LogP contribution >= 0.6 is 0 Å². The van der Waals surface area contributed by atoms with E-state index in [1.807, 2.05) is 13.8 Å². The summed E-state index contributed by atoms with van der Waals surface area (Å²) in [6, 6.07) is 0. The van der Waals surface area contributed by atoms with Crippen LogP contribution in [-0.4, -0.2) is 48.4 Å². The van der Waals surface area contributed by atoms with E-state index in [9.17, 15) is 9.59 Å². The first-order valence-corrected chi connectivity index (χ1v) is 8.70. The zero-order valence-corrected chi connectivity index (χ0v) is 14.3. The summed E-state index contributed by atoms with van der Waals surface area (Å²) >= 11 is 0. The Morgan fingerprint density at radius 3 is 2.59 bits per heavy atom. The lowest BCUT2D eigenvalue weighted by molar-refractivity contribution is -0.129. The molecule has 0 aromatic heterocycles. The molecule has 22 heavy (non-hydrogen) atoms. The van der Waals surface area contributed by atoms with Gasteiger partial charge in [-0.25, -0.2) is 0 Å². The van der Waals surface area contributed by atoms with E-state index in [0.29, 0.717) is 19.0 Å². The molecule has 0 aromatic rings. The lowest BCUT2D eigenvalue weighted by Crippen LogP contribution is -2.50. The van der Waals surface area contributed by atoms with Crippen LogP contribution in [0, 0.1) is 11.8 Å². The van der Waals surface area contributed by atoms with E-state index in [2.05, 4.69) is 22.5 Å². The fourth-order valence-corrected chi connectivity index (χ4v) is 2.83. The summed E-state index contributed by atoms with van der Waals surface area (Å²) in [5.41, 5.74) is -0.159. The first-order chi connectivity index (χ1) is 10.4. The van der Waals surface area contributed by atoms with Crippen LogP contribution in [0.15, 0.2) is 0 Å². The number of carbonyl (C=O) groups excluding carboxylic acids is 2. The van der Waals surface area contributed by atoms with Crippen molar-refractivity contribution in [1.82, 2.24) is 15.5 Å². The average Bonchev–Trinajstić information content (AvgIpc) is 3.28. The van der Waals surface area contributed by atoms with E-state index in [-0.39, 0.29) is 23.3 Å². The monoisotopic (exact) mass is 309 g/mol. The summed E-state index contributed by atoms with van der Waals surface area (Å²) in [7, 11) is 0. The van der Waals surface area contributed by atoms with Crippen molar-refractivity contribution in [2.24, 2.45) is 11.8 Å². The standard InChI is InChI=1S/C17H31N3O2/c1-4-17(2,3)19-15(21)12-20-9-5-6-14(11-20)16(22)18-10-13-7-8-13/h13-14H,4-12H2,1-3H3,(H,18,22)(H,19,21). The smallest absolute Gasteiger partial charge is 0.234 e. The molecule has 126 valence electrons. The van der Waals surface area contributed by atoms with Gasteiger partial charge >= 0.3 is 0 Å². The highest BCUT2D eigenvalue weighted by atomic mass is 16.2. The SMILES string of the molecule is CCC(C)(C)NC(=O)CN1CCCC(C(=O)NCC2CC2)C1. The summed E-state index contributed by atoms with van der Waals surface area (Å²) in [6.07, 6.45) is 5.35. The van der Waals surface area contributed by atoms with E-state index < -0.39 is 0 Å². The van der Waals surface area contributed by atoms with Gasteiger partial charge in [0.2, 0.25) is 11.8 Å². The Morgan fingerprint density at radius 1 is 1.23 bits per heavy atom. The van der Waals surface area contributed by atoms with Gasteiger partial charge in [-0.2, -0.15) is 0 Å². The number of carbonyl (C=O) groups is 2. The lowest BCUT2D eigenvalue weighted by Gasteiger charge is -2.33. The molecule has 1 aliphatic heterocycles. The fourth-order valence-electron chi connectivity index (χ4n) is 2.83. The van der Waals surface area contributed by atoms with Crippen molar-refractivity contribution in [3.63, 3.8) is 0 Å². The molecule has 1 atom stereocenters. The summed E-state index contributed by atoms with van der Waals surface area (Å²) in [5.74, 6) is 0.988. The molecule has 5 nitrogen and oxygen atoms in total. The van der Waals surface area contributed by atoms with Gasteiger partial charge in [0.15, 0.2) is 0 Å². The first kappa shape index (κ1) is 17.3. The molecule has 1 heterocycles. The molecule has 1 unspecified atom stereocenters. The van der Waals surface area contributed by atoms with Gasteiger partial charge in [0.25, 0.3) is 0 Å². The van der Waals surface area contributed by atoms with E-state index in [1.54, 1.807) is 0 Å². The van der Waals surface area contributed by atoms with E-state index in [4.69, 9.17) is 0 Å². The molecule has 1 saturated carbocycles. The van der Waals surface area contributed by atoms with Gasteiger partial charge in [-0.3, -0.25) is 14.5 Å². The highest BCUT2D eigenvalue weighted by Crippen LogP contribution is 2.27. The summed E-state index contributed by atoms with van der Waals surface area (Å²) < 4.78 is 0. The predicted molar refractivity (Wildman–Crippen MR) is 87.4 cm³/mol. The van der Waals surface area contributed by atoms with Crippen LogP contribution in [0.4, 0.5) is 0 Å². The molecule has 0 aromatic carbocycles. The minimum Gasteiger partial charge on any atom is -0.356 e. The van der Waals surface area contributed by atoms with Crippen LogP contribution in [0.25, 0.3) is 0 Å². The third kappa shape index (κ3) is 5.59. The van der Waals surface area contributed by atoms with Gasteiger partial charge in [0, 0.05) is 18.6 Å². The lowest BCUT2D eigenvalue weighted by atomic mass is 9.97. The van der Waals surface area contributed by atoms with E-state index in [0.717, 1.165) is 32.4 Å². The zero-order valence-electron chi connectivity index (χ0n) is 14.3. The molecule has 0 radical (unpaired) electrons. The van der Waals surface area contributed by atoms with Gasteiger partial charge in [-0.15, -0.1) is 0 Å².